The summed E-state index contributed by atoms with van der Waals surface area (Å²) in [7, 11) is 1.64. The van der Waals surface area contributed by atoms with Gasteiger partial charge in [0, 0.05) is 19.2 Å². The lowest BCUT2D eigenvalue weighted by Crippen LogP contribution is -2.58. The third-order valence-corrected chi connectivity index (χ3v) is 3.51. The predicted molar refractivity (Wildman–Crippen MR) is 88.3 cm³/mol. The lowest BCUT2D eigenvalue weighted by molar-refractivity contribution is -0.136. The maximum Gasteiger partial charge on any atom is 0.257 e. The number of rotatable bonds is 4. The fourth-order valence-electron chi connectivity index (χ4n) is 2.35. The Bertz CT molecular complexity index is 706. The number of hydrogen-bond acceptors (Lipinski definition) is 6. The van der Waals surface area contributed by atoms with Crippen molar-refractivity contribution >= 4 is 24.2 Å². The van der Waals surface area contributed by atoms with Crippen molar-refractivity contribution in [2.24, 2.45) is 0 Å². The topological polar surface area (TPSA) is 100 Å². The van der Waals surface area contributed by atoms with Gasteiger partial charge in [0.05, 0.1) is 13.1 Å². The van der Waals surface area contributed by atoms with E-state index in [1.807, 2.05) is 30.3 Å². The zero-order valence-corrected chi connectivity index (χ0v) is 13.9. The summed E-state index contributed by atoms with van der Waals surface area (Å²) in [5.74, 6) is 0.439. The van der Waals surface area contributed by atoms with E-state index in [2.05, 4.69) is 20.8 Å². The summed E-state index contributed by atoms with van der Waals surface area (Å²) in [6.07, 6.45) is 0. The fraction of sp³-hybridized carbons (Fsp3) is 0.333. The summed E-state index contributed by atoms with van der Waals surface area (Å²) in [5, 5.41) is 9.45. The highest BCUT2D eigenvalue weighted by molar-refractivity contribution is 5.89. The summed E-state index contributed by atoms with van der Waals surface area (Å²) < 4.78 is 5.21. The van der Waals surface area contributed by atoms with Gasteiger partial charge in [0.25, 0.3) is 5.89 Å². The standard InChI is InChI=1S/C15H17N5O3.ClH/c1-20(15(22)11-7-16-8-13(21)17-11)9-12-18-14(23-19-12)10-5-3-2-4-6-10;/h2-6,11,16H,7-9H2,1H3,(H,17,21);1H. The molecule has 2 heterocycles. The maximum absolute atomic E-state index is 12.3. The molecule has 2 N–H and O–H groups in total. The molecule has 9 heteroatoms. The second kappa shape index (κ2) is 7.89. The molecule has 0 radical (unpaired) electrons. The second-order valence-electron chi connectivity index (χ2n) is 5.33. The first-order valence-electron chi connectivity index (χ1n) is 7.26. The highest BCUT2D eigenvalue weighted by Gasteiger charge is 2.27. The molecule has 0 bridgehead atoms. The molecule has 1 aromatic heterocycles. The van der Waals surface area contributed by atoms with Crippen molar-refractivity contribution in [1.29, 1.82) is 0 Å². The minimum absolute atomic E-state index is 0. The van der Waals surface area contributed by atoms with Crippen LogP contribution in [0.3, 0.4) is 0 Å². The molecule has 0 aliphatic carbocycles. The Hall–Kier alpha value is -2.45. The zero-order valence-electron chi connectivity index (χ0n) is 13.1. The molecule has 2 aromatic rings. The summed E-state index contributed by atoms with van der Waals surface area (Å²) in [5.41, 5.74) is 0.823. The van der Waals surface area contributed by atoms with Gasteiger partial charge in [-0.25, -0.2) is 0 Å². The lowest BCUT2D eigenvalue weighted by atomic mass is 10.2. The van der Waals surface area contributed by atoms with Gasteiger partial charge in [0.2, 0.25) is 11.8 Å². The predicted octanol–water partition coefficient (Wildman–Crippen LogP) is 0.205. The highest BCUT2D eigenvalue weighted by atomic mass is 35.5. The van der Waals surface area contributed by atoms with Gasteiger partial charge < -0.3 is 20.1 Å². The van der Waals surface area contributed by atoms with Crippen molar-refractivity contribution in [3.05, 3.63) is 36.2 Å². The van der Waals surface area contributed by atoms with Crippen LogP contribution in [0.4, 0.5) is 0 Å². The normalized spacial score (nSPS) is 16.9. The van der Waals surface area contributed by atoms with E-state index in [4.69, 9.17) is 4.52 Å². The number of likely N-dealkylation sites (N-methyl/N-ethyl adjacent to an activating group) is 1. The first-order valence-corrected chi connectivity index (χ1v) is 7.26. The van der Waals surface area contributed by atoms with Gasteiger partial charge in [0.1, 0.15) is 6.04 Å². The average Bonchev–Trinajstić information content (AvgIpc) is 3.03. The Kier molecular flexibility index (Phi) is 5.88. The number of nitrogens with one attached hydrogen (secondary N) is 2. The number of benzene rings is 1. The molecule has 1 saturated heterocycles. The number of hydrogen-bond donors (Lipinski definition) is 2. The SMILES string of the molecule is CN(Cc1noc(-c2ccccc2)n1)C(=O)C1CNCC(=O)N1.Cl. The van der Waals surface area contributed by atoms with E-state index < -0.39 is 6.04 Å². The Morgan fingerprint density at radius 3 is 2.83 bits per heavy atom. The summed E-state index contributed by atoms with van der Waals surface area (Å²) >= 11 is 0. The van der Waals surface area contributed by atoms with Crippen LogP contribution in [-0.4, -0.2) is 53.0 Å². The zero-order chi connectivity index (χ0) is 16.2. The van der Waals surface area contributed by atoms with Crippen molar-refractivity contribution in [2.75, 3.05) is 20.1 Å². The Morgan fingerprint density at radius 2 is 2.12 bits per heavy atom. The minimum atomic E-state index is -0.568. The largest absolute Gasteiger partial charge is 0.342 e. The minimum Gasteiger partial charge on any atom is -0.342 e. The number of piperazine rings is 1. The smallest absolute Gasteiger partial charge is 0.257 e. The van der Waals surface area contributed by atoms with Crippen LogP contribution >= 0.6 is 12.4 Å². The lowest BCUT2D eigenvalue weighted by Gasteiger charge is -2.27. The van der Waals surface area contributed by atoms with Crippen molar-refractivity contribution < 1.29 is 14.1 Å². The van der Waals surface area contributed by atoms with Crippen LogP contribution in [0.15, 0.2) is 34.9 Å². The van der Waals surface area contributed by atoms with Crippen LogP contribution in [0.5, 0.6) is 0 Å². The van der Waals surface area contributed by atoms with E-state index in [0.717, 1.165) is 5.56 Å². The molecule has 0 spiro atoms. The first kappa shape index (κ1) is 17.9. The number of aromatic nitrogens is 2. The number of halogens is 1. The van der Waals surface area contributed by atoms with Crippen LogP contribution in [0.2, 0.25) is 0 Å². The van der Waals surface area contributed by atoms with E-state index in [-0.39, 0.29) is 37.3 Å². The van der Waals surface area contributed by atoms with Gasteiger partial charge in [-0.2, -0.15) is 4.98 Å². The molecule has 0 saturated carbocycles. The van der Waals surface area contributed by atoms with Crippen LogP contribution in [-0.2, 0) is 16.1 Å². The Labute approximate surface area is 145 Å². The summed E-state index contributed by atoms with van der Waals surface area (Å²) in [6.45, 7) is 0.858. The first-order chi connectivity index (χ1) is 11.1. The third kappa shape index (κ3) is 4.09. The van der Waals surface area contributed by atoms with Crippen LogP contribution in [0, 0.1) is 0 Å². The molecule has 1 fully saturated rings. The van der Waals surface area contributed by atoms with E-state index in [1.165, 1.54) is 4.90 Å². The van der Waals surface area contributed by atoms with Gasteiger partial charge in [-0.15, -0.1) is 12.4 Å². The fourth-order valence-corrected chi connectivity index (χ4v) is 2.35. The van der Waals surface area contributed by atoms with Crippen LogP contribution in [0.25, 0.3) is 11.5 Å². The van der Waals surface area contributed by atoms with Crippen molar-refractivity contribution in [3.8, 4) is 11.5 Å². The second-order valence-corrected chi connectivity index (χ2v) is 5.33. The van der Waals surface area contributed by atoms with Crippen molar-refractivity contribution in [2.45, 2.75) is 12.6 Å². The number of carbonyl (C=O) groups excluding carboxylic acids is 2. The monoisotopic (exact) mass is 351 g/mol. The van der Waals surface area contributed by atoms with Crippen molar-refractivity contribution in [3.63, 3.8) is 0 Å². The third-order valence-electron chi connectivity index (χ3n) is 3.51. The van der Waals surface area contributed by atoms with E-state index in [1.54, 1.807) is 7.05 Å². The van der Waals surface area contributed by atoms with E-state index in [9.17, 15) is 9.59 Å². The van der Waals surface area contributed by atoms with Crippen LogP contribution in [0.1, 0.15) is 5.82 Å². The molecule has 1 aliphatic rings. The van der Waals surface area contributed by atoms with Gasteiger partial charge in [-0.1, -0.05) is 23.4 Å². The quantitative estimate of drug-likeness (QED) is 0.816. The molecule has 1 unspecified atom stereocenters. The molecule has 8 nitrogen and oxygen atoms in total. The molecule has 1 atom stereocenters. The van der Waals surface area contributed by atoms with E-state index in [0.29, 0.717) is 18.3 Å². The van der Waals surface area contributed by atoms with Gasteiger partial charge in [-0.3, -0.25) is 9.59 Å². The summed E-state index contributed by atoms with van der Waals surface area (Å²) in [6, 6.07) is 8.84. The molecule has 24 heavy (non-hydrogen) atoms. The molecular weight excluding hydrogens is 334 g/mol. The number of carbonyl (C=O) groups is 2. The number of nitrogens with zero attached hydrogens (tertiary/aromatic N) is 3. The van der Waals surface area contributed by atoms with Gasteiger partial charge in [0.15, 0.2) is 5.82 Å². The summed E-state index contributed by atoms with van der Waals surface area (Å²) in [4.78, 5) is 29.4. The van der Waals surface area contributed by atoms with Gasteiger partial charge >= 0.3 is 0 Å². The molecular formula is C15H18ClN5O3. The number of amides is 2. The molecule has 128 valence electrons. The maximum atomic E-state index is 12.3. The Morgan fingerprint density at radius 1 is 1.38 bits per heavy atom. The Balaban J connectivity index is 0.00000208. The molecule has 2 amide bonds. The average molecular weight is 352 g/mol. The molecule has 1 aromatic carbocycles. The molecule has 1 aliphatic heterocycles. The van der Waals surface area contributed by atoms with E-state index >= 15 is 0 Å². The van der Waals surface area contributed by atoms with Crippen LogP contribution < -0.4 is 10.6 Å². The highest BCUT2D eigenvalue weighted by Crippen LogP contribution is 2.16. The molecule has 3 rings (SSSR count). The van der Waals surface area contributed by atoms with Gasteiger partial charge in [-0.05, 0) is 12.1 Å². The van der Waals surface area contributed by atoms with Crippen molar-refractivity contribution in [1.82, 2.24) is 25.7 Å².